The molecule has 0 atom stereocenters. The molecule has 0 fully saturated rings. The van der Waals surface area contributed by atoms with Crippen molar-refractivity contribution in [2.45, 2.75) is 25.4 Å². The maximum atomic E-state index is 13.6. The zero-order chi connectivity index (χ0) is 16.2. The number of hydrogen-bond acceptors (Lipinski definition) is 2. The fourth-order valence-corrected chi connectivity index (χ4v) is 3.47. The maximum absolute atomic E-state index is 13.6. The average molecular weight is 382 g/mol. The van der Waals surface area contributed by atoms with E-state index >= 15 is 0 Å². The Kier molecular flexibility index (Phi) is 3.23. The fraction of sp³-hybridized carbons (Fsp3) is 0.250. The van der Waals surface area contributed by atoms with Gasteiger partial charge in [0.05, 0.1) is 5.69 Å². The van der Waals surface area contributed by atoms with Crippen LogP contribution in [-0.2, 0) is 19.0 Å². The normalized spacial score (nSPS) is 14.4. The number of nitrogens with zero attached hydrogens (tertiary/aromatic N) is 3. The van der Waals surface area contributed by atoms with Crippen LogP contribution in [0.4, 0.5) is 13.2 Å². The van der Waals surface area contributed by atoms with Crippen LogP contribution in [0.2, 0.25) is 0 Å². The lowest BCUT2D eigenvalue weighted by molar-refractivity contribution is -0.143. The Balaban J connectivity index is 1.99. The molecular formula is C16H11BrF3N3. The van der Waals surface area contributed by atoms with E-state index in [9.17, 15) is 13.2 Å². The molecule has 3 nitrogen and oxygen atoms in total. The molecule has 0 bridgehead atoms. The smallest absolute Gasteiger partial charge is 0.233 e. The highest BCUT2D eigenvalue weighted by Gasteiger charge is 2.39. The van der Waals surface area contributed by atoms with E-state index in [1.165, 1.54) is 0 Å². The topological polar surface area (TPSA) is 30.2 Å². The molecule has 0 saturated carbocycles. The van der Waals surface area contributed by atoms with Gasteiger partial charge >= 0.3 is 6.18 Å². The molecule has 0 saturated heterocycles. The Hall–Kier alpha value is -1.89. The van der Waals surface area contributed by atoms with Gasteiger partial charge in [0.2, 0.25) is 0 Å². The van der Waals surface area contributed by atoms with Gasteiger partial charge in [-0.05, 0) is 31.4 Å². The van der Waals surface area contributed by atoms with E-state index < -0.39 is 11.9 Å². The van der Waals surface area contributed by atoms with Gasteiger partial charge in [-0.15, -0.1) is 0 Å². The van der Waals surface area contributed by atoms with Crippen LogP contribution in [0.3, 0.4) is 0 Å². The van der Waals surface area contributed by atoms with Crippen molar-refractivity contribution >= 4 is 21.6 Å². The molecule has 0 N–H and O–H groups in total. The summed E-state index contributed by atoms with van der Waals surface area (Å²) in [6.07, 6.45) is -2.75. The summed E-state index contributed by atoms with van der Waals surface area (Å²) in [4.78, 5) is 4.39. The summed E-state index contributed by atoms with van der Waals surface area (Å²) < 4.78 is 42.4. The molecular weight excluding hydrogens is 371 g/mol. The predicted molar refractivity (Wildman–Crippen MR) is 83.2 cm³/mol. The number of aryl methyl sites for hydroxylation is 1. The van der Waals surface area contributed by atoms with E-state index in [0.717, 1.165) is 14.6 Å². The molecule has 2 aromatic heterocycles. The highest BCUT2D eigenvalue weighted by molar-refractivity contribution is 9.10. The van der Waals surface area contributed by atoms with E-state index in [1.807, 2.05) is 24.3 Å². The Morgan fingerprint density at radius 3 is 2.70 bits per heavy atom. The van der Waals surface area contributed by atoms with Gasteiger partial charge in [-0.25, -0.2) is 9.50 Å². The Bertz CT molecular complexity index is 915. The van der Waals surface area contributed by atoms with Gasteiger partial charge in [-0.2, -0.15) is 18.3 Å². The Labute approximate surface area is 138 Å². The molecule has 0 radical (unpaired) electrons. The fourth-order valence-electron chi connectivity index (χ4n) is 3.07. The van der Waals surface area contributed by atoms with Gasteiger partial charge < -0.3 is 0 Å². The van der Waals surface area contributed by atoms with E-state index in [4.69, 9.17) is 0 Å². The molecule has 118 valence electrons. The summed E-state index contributed by atoms with van der Waals surface area (Å²) in [5.74, 6) is 0. The minimum atomic E-state index is -4.45. The SMILES string of the molecule is FC(F)(F)c1c2c(nc3cc(-c4cccc(Br)c4)nn13)CCC2. The first-order valence-electron chi connectivity index (χ1n) is 7.18. The zero-order valence-corrected chi connectivity index (χ0v) is 13.4. The molecule has 3 aromatic rings. The second-order valence-electron chi connectivity index (χ2n) is 5.55. The number of fused-ring (bicyclic) bond motifs is 2. The summed E-state index contributed by atoms with van der Waals surface area (Å²) in [6.45, 7) is 0. The lowest BCUT2D eigenvalue weighted by atomic mass is 10.1. The van der Waals surface area contributed by atoms with Gasteiger partial charge in [0.1, 0.15) is 0 Å². The lowest BCUT2D eigenvalue weighted by Gasteiger charge is -2.13. The van der Waals surface area contributed by atoms with Gasteiger partial charge in [0.15, 0.2) is 11.3 Å². The Morgan fingerprint density at radius 1 is 1.13 bits per heavy atom. The largest absolute Gasteiger partial charge is 0.433 e. The first kappa shape index (κ1) is 14.7. The van der Waals surface area contributed by atoms with Crippen LogP contribution in [-0.4, -0.2) is 14.6 Å². The highest BCUT2D eigenvalue weighted by atomic mass is 79.9. The van der Waals surface area contributed by atoms with Gasteiger partial charge in [0.25, 0.3) is 0 Å². The minimum absolute atomic E-state index is 0.243. The van der Waals surface area contributed by atoms with Crippen LogP contribution in [0.1, 0.15) is 23.4 Å². The average Bonchev–Trinajstić information content (AvgIpc) is 3.08. The number of hydrogen-bond donors (Lipinski definition) is 0. The van der Waals surface area contributed by atoms with Crippen molar-refractivity contribution < 1.29 is 13.2 Å². The molecule has 1 aliphatic rings. The lowest BCUT2D eigenvalue weighted by Crippen LogP contribution is -2.17. The highest BCUT2D eigenvalue weighted by Crippen LogP contribution is 2.37. The van der Waals surface area contributed by atoms with Crippen molar-refractivity contribution in [3.8, 4) is 11.3 Å². The monoisotopic (exact) mass is 381 g/mol. The molecule has 23 heavy (non-hydrogen) atoms. The maximum Gasteiger partial charge on any atom is 0.433 e. The number of halogens is 4. The van der Waals surface area contributed by atoms with Crippen LogP contribution in [0.15, 0.2) is 34.8 Å². The zero-order valence-electron chi connectivity index (χ0n) is 11.9. The van der Waals surface area contributed by atoms with Crippen LogP contribution in [0, 0.1) is 0 Å². The van der Waals surface area contributed by atoms with Crippen molar-refractivity contribution in [3.63, 3.8) is 0 Å². The van der Waals surface area contributed by atoms with Crippen molar-refractivity contribution in [3.05, 3.63) is 51.8 Å². The van der Waals surface area contributed by atoms with Crippen LogP contribution in [0.25, 0.3) is 16.9 Å². The molecule has 2 heterocycles. The predicted octanol–water partition coefficient (Wildman–Crippen LogP) is 4.67. The Morgan fingerprint density at radius 2 is 1.96 bits per heavy atom. The molecule has 4 rings (SSSR count). The van der Waals surface area contributed by atoms with Crippen LogP contribution >= 0.6 is 15.9 Å². The third kappa shape index (κ3) is 2.43. The molecule has 7 heteroatoms. The third-order valence-corrected chi connectivity index (χ3v) is 4.51. The summed E-state index contributed by atoms with van der Waals surface area (Å²) in [5.41, 5.74) is 1.62. The number of benzene rings is 1. The standard InChI is InChI=1S/C16H11BrF3N3/c17-10-4-1-3-9(7-10)13-8-14-21-12-6-2-5-11(12)15(16(18,19)20)23(14)22-13/h1,3-4,7-8H,2,5-6H2. The first-order valence-corrected chi connectivity index (χ1v) is 7.97. The van der Waals surface area contributed by atoms with E-state index in [1.54, 1.807) is 6.07 Å². The summed E-state index contributed by atoms with van der Waals surface area (Å²) in [6, 6.07) is 8.92. The van der Waals surface area contributed by atoms with Crippen molar-refractivity contribution in [1.82, 2.24) is 14.6 Å². The molecule has 1 aromatic carbocycles. The van der Waals surface area contributed by atoms with Gasteiger partial charge in [0, 0.05) is 27.4 Å². The minimum Gasteiger partial charge on any atom is -0.233 e. The second-order valence-corrected chi connectivity index (χ2v) is 6.46. The van der Waals surface area contributed by atoms with Crippen molar-refractivity contribution in [2.24, 2.45) is 0 Å². The quantitative estimate of drug-likeness (QED) is 0.613. The molecule has 0 amide bonds. The molecule has 0 unspecified atom stereocenters. The third-order valence-electron chi connectivity index (χ3n) is 4.02. The number of aromatic nitrogens is 3. The van der Waals surface area contributed by atoms with E-state index in [0.29, 0.717) is 30.7 Å². The summed E-state index contributed by atoms with van der Waals surface area (Å²) in [7, 11) is 0. The molecule has 1 aliphatic carbocycles. The van der Waals surface area contributed by atoms with E-state index in [-0.39, 0.29) is 11.2 Å². The van der Waals surface area contributed by atoms with Crippen LogP contribution < -0.4 is 0 Å². The molecule has 0 aliphatic heterocycles. The first-order chi connectivity index (χ1) is 10.9. The van der Waals surface area contributed by atoms with Gasteiger partial charge in [-0.1, -0.05) is 28.1 Å². The summed E-state index contributed by atoms with van der Waals surface area (Å²) in [5, 5.41) is 4.18. The van der Waals surface area contributed by atoms with Crippen LogP contribution in [0.5, 0.6) is 0 Å². The second kappa shape index (κ2) is 5.06. The van der Waals surface area contributed by atoms with Crippen molar-refractivity contribution in [1.29, 1.82) is 0 Å². The van der Waals surface area contributed by atoms with Gasteiger partial charge in [-0.3, -0.25) is 0 Å². The summed E-state index contributed by atoms with van der Waals surface area (Å²) >= 11 is 3.36. The number of rotatable bonds is 1. The number of alkyl halides is 3. The molecule has 0 spiro atoms. The van der Waals surface area contributed by atoms with E-state index in [2.05, 4.69) is 26.0 Å². The van der Waals surface area contributed by atoms with Crippen molar-refractivity contribution in [2.75, 3.05) is 0 Å².